The molecule has 0 aliphatic rings. The van der Waals surface area contributed by atoms with Crippen LogP contribution >= 0.6 is 0 Å². The van der Waals surface area contributed by atoms with Crippen molar-refractivity contribution in [2.45, 2.75) is 13.2 Å². The molecule has 126 valence electrons. The molecule has 2 amide bonds. The molecule has 9 heteroatoms. The lowest BCUT2D eigenvalue weighted by molar-refractivity contribution is -0.0650. The molecule has 1 heterocycles. The Morgan fingerprint density at radius 3 is 2.42 bits per heavy atom. The molecule has 1 aromatic carbocycles. The van der Waals surface area contributed by atoms with Gasteiger partial charge in [-0.05, 0) is 17.7 Å². The van der Waals surface area contributed by atoms with Crippen LogP contribution < -0.4 is 5.73 Å². The van der Waals surface area contributed by atoms with Crippen molar-refractivity contribution in [2.24, 2.45) is 5.73 Å². The average molecular weight is 335 g/mol. The zero-order valence-electron chi connectivity index (χ0n) is 12.3. The van der Waals surface area contributed by atoms with Crippen molar-refractivity contribution >= 4 is 11.8 Å². The molecule has 0 atom stereocenters. The summed E-state index contributed by atoms with van der Waals surface area (Å²) in [4.78, 5) is 26.9. The molecule has 5 N–H and O–H groups in total. The van der Waals surface area contributed by atoms with Crippen molar-refractivity contribution < 1.29 is 29.4 Å². The van der Waals surface area contributed by atoms with E-state index in [4.69, 9.17) is 5.73 Å². The van der Waals surface area contributed by atoms with Gasteiger partial charge in [0.2, 0.25) is 0 Å². The first-order chi connectivity index (χ1) is 11.3. The van der Waals surface area contributed by atoms with Crippen LogP contribution in [-0.4, -0.2) is 37.3 Å². The van der Waals surface area contributed by atoms with Gasteiger partial charge in [0.25, 0.3) is 11.8 Å². The number of aliphatic hydroxyl groups excluding tert-OH is 1. The third-order valence-electron chi connectivity index (χ3n) is 3.26. The van der Waals surface area contributed by atoms with Crippen LogP contribution in [0.2, 0.25) is 0 Å². The molecule has 0 fully saturated rings. The average Bonchev–Trinajstić information content (AvgIpc) is 2.55. The number of amides is 2. The third kappa shape index (κ3) is 3.47. The molecule has 24 heavy (non-hydrogen) atoms. The quantitative estimate of drug-likeness (QED) is 0.465. The summed E-state index contributed by atoms with van der Waals surface area (Å²) in [6.45, 7) is -1.04. The summed E-state index contributed by atoms with van der Waals surface area (Å²) >= 11 is 0. The summed E-state index contributed by atoms with van der Waals surface area (Å²) in [5, 5.41) is 29.4. The van der Waals surface area contributed by atoms with Crippen molar-refractivity contribution in [3.8, 4) is 5.75 Å². The Hall–Kier alpha value is -3.04. The topological polar surface area (TPSA) is 137 Å². The van der Waals surface area contributed by atoms with Gasteiger partial charge in [-0.1, -0.05) is 12.1 Å². The van der Waals surface area contributed by atoms with Crippen LogP contribution in [-0.2, 0) is 13.2 Å². The van der Waals surface area contributed by atoms with E-state index in [1.54, 1.807) is 0 Å². The van der Waals surface area contributed by atoms with E-state index in [1.807, 2.05) is 0 Å². The number of halogens is 1. The van der Waals surface area contributed by atoms with E-state index in [9.17, 15) is 29.4 Å². The molecule has 0 spiro atoms. The monoisotopic (exact) mass is 335 g/mol. The van der Waals surface area contributed by atoms with Gasteiger partial charge in [0.1, 0.15) is 5.82 Å². The van der Waals surface area contributed by atoms with Crippen LogP contribution in [0, 0.1) is 5.82 Å². The Balaban J connectivity index is 2.29. The highest BCUT2D eigenvalue weighted by molar-refractivity contribution is 5.99. The van der Waals surface area contributed by atoms with Gasteiger partial charge in [0.15, 0.2) is 11.4 Å². The van der Waals surface area contributed by atoms with Crippen LogP contribution in [0.3, 0.4) is 0 Å². The summed E-state index contributed by atoms with van der Waals surface area (Å²) < 4.78 is 12.8. The van der Waals surface area contributed by atoms with Crippen molar-refractivity contribution in [3.63, 3.8) is 0 Å². The maximum Gasteiger partial charge on any atom is 0.279 e. The molecule has 2 rings (SSSR count). The number of aliphatic hydroxyl groups is 1. The minimum absolute atomic E-state index is 0.262. The largest absolute Gasteiger partial charge is 0.505 e. The molecule has 0 radical (unpaired) electrons. The van der Waals surface area contributed by atoms with E-state index in [1.165, 1.54) is 24.3 Å². The predicted octanol–water partition coefficient (Wildman–Crippen LogP) is 0.549. The molecular formula is C15H14FN3O5. The number of nitrogens with two attached hydrogens (primary N) is 1. The molecule has 0 unspecified atom stereocenters. The minimum Gasteiger partial charge on any atom is -0.505 e. The van der Waals surface area contributed by atoms with Crippen LogP contribution in [0.4, 0.5) is 4.39 Å². The van der Waals surface area contributed by atoms with E-state index in [0.717, 1.165) is 6.20 Å². The van der Waals surface area contributed by atoms with Gasteiger partial charge in [-0.2, -0.15) is 0 Å². The van der Waals surface area contributed by atoms with Crippen LogP contribution in [0.5, 0.6) is 5.75 Å². The Bertz CT molecular complexity index is 779. The SMILES string of the molecule is NC(=O)c1ncc(C(=O)N(O)Cc2ccc(F)cc2)c(CO)c1O. The molecule has 8 nitrogen and oxygen atoms in total. The van der Waals surface area contributed by atoms with Crippen molar-refractivity contribution in [1.82, 2.24) is 10.0 Å². The number of hydrogen-bond acceptors (Lipinski definition) is 6. The number of rotatable bonds is 5. The second kappa shape index (κ2) is 7.02. The van der Waals surface area contributed by atoms with Crippen molar-refractivity contribution in [3.05, 3.63) is 58.7 Å². The van der Waals surface area contributed by atoms with Gasteiger partial charge in [-0.3, -0.25) is 14.8 Å². The molecule has 0 bridgehead atoms. The molecule has 0 saturated heterocycles. The van der Waals surface area contributed by atoms with Gasteiger partial charge in [-0.15, -0.1) is 0 Å². The van der Waals surface area contributed by atoms with Gasteiger partial charge < -0.3 is 15.9 Å². The van der Waals surface area contributed by atoms with E-state index in [2.05, 4.69) is 4.98 Å². The van der Waals surface area contributed by atoms with Gasteiger partial charge in [0.05, 0.1) is 18.7 Å². The lowest BCUT2D eigenvalue weighted by Crippen LogP contribution is -2.28. The molecule has 0 aliphatic carbocycles. The standard InChI is InChI=1S/C15H14FN3O5/c16-9-3-1-8(2-4-9)6-19(24)15(23)10-5-18-12(14(17)22)13(21)11(10)7-20/h1-5,20-21,24H,6-7H2,(H2,17,22). The zero-order chi connectivity index (χ0) is 17.9. The first-order valence-electron chi connectivity index (χ1n) is 6.71. The first-order valence-corrected chi connectivity index (χ1v) is 6.71. The highest BCUT2D eigenvalue weighted by atomic mass is 19.1. The van der Waals surface area contributed by atoms with Crippen LogP contribution in [0.25, 0.3) is 0 Å². The number of benzene rings is 1. The molecule has 0 saturated carbocycles. The normalized spacial score (nSPS) is 10.5. The van der Waals surface area contributed by atoms with Crippen molar-refractivity contribution in [1.29, 1.82) is 0 Å². The number of primary amides is 1. The van der Waals surface area contributed by atoms with E-state index >= 15 is 0 Å². The zero-order valence-corrected chi connectivity index (χ0v) is 12.3. The summed E-state index contributed by atoms with van der Waals surface area (Å²) in [6, 6.07) is 5.10. The second-order valence-electron chi connectivity index (χ2n) is 4.86. The fraction of sp³-hybridized carbons (Fsp3) is 0.133. The lowest BCUT2D eigenvalue weighted by atomic mass is 10.1. The maximum atomic E-state index is 12.8. The predicted molar refractivity (Wildman–Crippen MR) is 78.4 cm³/mol. The smallest absolute Gasteiger partial charge is 0.279 e. The van der Waals surface area contributed by atoms with E-state index < -0.39 is 35.7 Å². The number of hydrogen-bond donors (Lipinski definition) is 4. The Labute approximate surface area is 135 Å². The molecule has 0 aliphatic heterocycles. The van der Waals surface area contributed by atoms with Crippen LogP contribution in [0.1, 0.15) is 32.0 Å². The van der Waals surface area contributed by atoms with Gasteiger partial charge in [-0.25, -0.2) is 14.4 Å². The molecule has 1 aromatic heterocycles. The highest BCUT2D eigenvalue weighted by Crippen LogP contribution is 2.25. The number of hydroxylamine groups is 2. The Morgan fingerprint density at radius 1 is 1.25 bits per heavy atom. The number of nitrogens with zero attached hydrogens (tertiary/aromatic N) is 2. The van der Waals surface area contributed by atoms with Gasteiger partial charge in [0, 0.05) is 11.8 Å². The Morgan fingerprint density at radius 2 is 1.88 bits per heavy atom. The second-order valence-corrected chi connectivity index (χ2v) is 4.86. The summed E-state index contributed by atoms with van der Waals surface area (Å²) in [7, 11) is 0. The Kier molecular flexibility index (Phi) is 5.07. The maximum absolute atomic E-state index is 12.8. The number of carbonyl (C=O) groups excluding carboxylic acids is 2. The summed E-state index contributed by atoms with van der Waals surface area (Å²) in [5.41, 5.74) is 4.38. The van der Waals surface area contributed by atoms with Gasteiger partial charge >= 0.3 is 0 Å². The highest BCUT2D eigenvalue weighted by Gasteiger charge is 2.24. The molecular weight excluding hydrogens is 321 g/mol. The lowest BCUT2D eigenvalue weighted by Gasteiger charge is -2.17. The van der Waals surface area contributed by atoms with Crippen molar-refractivity contribution in [2.75, 3.05) is 0 Å². The van der Waals surface area contributed by atoms with Crippen LogP contribution in [0.15, 0.2) is 30.5 Å². The molecule has 2 aromatic rings. The fourth-order valence-electron chi connectivity index (χ4n) is 2.04. The third-order valence-corrected chi connectivity index (χ3v) is 3.26. The fourth-order valence-corrected chi connectivity index (χ4v) is 2.04. The number of aromatic hydroxyl groups is 1. The summed E-state index contributed by atoms with van der Waals surface area (Å²) in [5.74, 6) is -3.20. The van der Waals surface area contributed by atoms with E-state index in [0.29, 0.717) is 10.6 Å². The number of carbonyl (C=O) groups is 2. The minimum atomic E-state index is -1.03. The first kappa shape index (κ1) is 17.3. The summed E-state index contributed by atoms with van der Waals surface area (Å²) in [6.07, 6.45) is 0.918. The number of aromatic nitrogens is 1. The number of pyridine rings is 1. The van der Waals surface area contributed by atoms with E-state index in [-0.39, 0.29) is 17.7 Å².